The number of aryl methyl sites for hydroxylation is 2. The third kappa shape index (κ3) is 15.0. The fraction of sp³-hybridized carbons (Fsp3) is 0.492. The molecule has 7 nitrogen and oxygen atoms in total. The predicted octanol–water partition coefficient (Wildman–Crippen LogP) is 18.5. The molecule has 0 spiro atoms. The molecular weight excluding hydrogens is 971 g/mol. The van der Waals surface area contributed by atoms with Crippen LogP contribution >= 0.6 is 8.23 Å². The summed E-state index contributed by atoms with van der Waals surface area (Å²) in [4.78, 5) is 13.1. The van der Waals surface area contributed by atoms with Gasteiger partial charge in [0.15, 0.2) is 6.61 Å². The molecule has 0 aliphatic rings. The number of benzene rings is 4. The number of fused-ring (bicyclic) bond motifs is 2. The molecule has 0 bridgehead atoms. The lowest BCUT2D eigenvalue weighted by Crippen LogP contribution is -2.51. The topological polar surface area (TPSA) is 80.3 Å². The van der Waals surface area contributed by atoms with Crippen LogP contribution in [0.3, 0.4) is 0 Å². The number of esters is 1. The van der Waals surface area contributed by atoms with E-state index < -0.39 is 84.1 Å². The molecule has 0 aliphatic heterocycles. The summed E-state index contributed by atoms with van der Waals surface area (Å²) < 4.78 is 115. The number of rotatable bonds is 21. The van der Waals surface area contributed by atoms with Crippen LogP contribution in [-0.4, -0.2) is 54.2 Å². The van der Waals surface area contributed by atoms with E-state index in [1.165, 1.54) is 0 Å². The lowest BCUT2D eigenvalue weighted by atomic mass is 9.64. The number of carbonyl (C=O) groups is 1. The zero-order valence-corrected chi connectivity index (χ0v) is 47.0. The summed E-state index contributed by atoms with van der Waals surface area (Å²) in [6.07, 6.45) is -1.31. The molecule has 402 valence electrons. The minimum absolute atomic E-state index is 0.0702. The first kappa shape index (κ1) is 58.1. The van der Waals surface area contributed by atoms with Crippen molar-refractivity contribution in [3.8, 4) is 34.1 Å². The SMILES string of the molecule is Cc1ccc(-c2cc3ccc(OC(C)(C)CC(C)(C)C(OCP(F)CC(F)(F)C(F)(F)COC(=O)/C(=C/C(C)(C)C)C(C)(C)C)C(C)(C)CC(C)(C)Oc4ccc5cc(-c6ccc(C)cc6)oc5c4)cc3o2)cc1. The predicted molar refractivity (Wildman–Crippen MR) is 289 cm³/mol. The summed E-state index contributed by atoms with van der Waals surface area (Å²) >= 11 is 0. The van der Waals surface area contributed by atoms with Gasteiger partial charge in [-0.05, 0) is 112 Å². The van der Waals surface area contributed by atoms with Gasteiger partial charge in [0.25, 0.3) is 0 Å². The van der Waals surface area contributed by atoms with E-state index in [4.69, 9.17) is 27.8 Å². The Morgan fingerprint density at radius 3 is 1.41 bits per heavy atom. The van der Waals surface area contributed by atoms with E-state index in [0.29, 0.717) is 35.5 Å². The average Bonchev–Trinajstić information content (AvgIpc) is 3.87. The Balaban J connectivity index is 1.22. The third-order valence-corrected chi connectivity index (χ3v) is 14.1. The minimum atomic E-state index is -4.87. The molecule has 0 amide bonds. The Bertz CT molecular complexity index is 2760. The van der Waals surface area contributed by atoms with Crippen molar-refractivity contribution >= 4 is 36.1 Å². The third-order valence-electron chi connectivity index (χ3n) is 12.9. The van der Waals surface area contributed by atoms with Gasteiger partial charge in [0.2, 0.25) is 0 Å². The molecule has 0 saturated carbocycles. The van der Waals surface area contributed by atoms with Crippen molar-refractivity contribution in [2.24, 2.45) is 21.7 Å². The van der Waals surface area contributed by atoms with Gasteiger partial charge in [-0.1, -0.05) is 135 Å². The first-order chi connectivity index (χ1) is 33.9. The number of halogens is 5. The van der Waals surface area contributed by atoms with Gasteiger partial charge in [-0.3, -0.25) is 0 Å². The van der Waals surface area contributed by atoms with Crippen LogP contribution in [0, 0.1) is 35.5 Å². The quantitative estimate of drug-likeness (QED) is 0.0307. The molecule has 74 heavy (non-hydrogen) atoms. The molecule has 0 saturated heterocycles. The summed E-state index contributed by atoms with van der Waals surface area (Å²) in [7, 11) is -3.34. The van der Waals surface area contributed by atoms with Gasteiger partial charge >= 0.3 is 17.8 Å². The van der Waals surface area contributed by atoms with Crippen molar-refractivity contribution < 1.29 is 54.3 Å². The number of alkyl halides is 4. The van der Waals surface area contributed by atoms with Gasteiger partial charge in [-0.25, -0.2) is 8.99 Å². The van der Waals surface area contributed by atoms with Crippen molar-refractivity contribution in [2.75, 3.05) is 19.1 Å². The summed E-state index contributed by atoms with van der Waals surface area (Å²) in [5.74, 6) is -8.34. The Labute approximate surface area is 436 Å². The highest BCUT2D eigenvalue weighted by molar-refractivity contribution is 7.52. The second kappa shape index (κ2) is 21.4. The molecule has 4 aromatic carbocycles. The number of furan rings is 2. The van der Waals surface area contributed by atoms with E-state index in [1.54, 1.807) is 26.8 Å². The van der Waals surface area contributed by atoms with Crippen LogP contribution in [0.15, 0.2) is 118 Å². The molecular formula is C61H76F5O7P. The Hall–Kier alpha value is -5.19. The van der Waals surface area contributed by atoms with Gasteiger partial charge in [0.1, 0.15) is 53.6 Å². The van der Waals surface area contributed by atoms with Gasteiger partial charge < -0.3 is 27.8 Å². The minimum Gasteiger partial charge on any atom is -0.488 e. The fourth-order valence-corrected chi connectivity index (χ4v) is 11.4. The maximum absolute atomic E-state index is 16.1. The summed E-state index contributed by atoms with van der Waals surface area (Å²) in [5.41, 5.74) is 0.658. The molecule has 13 heteroatoms. The lowest BCUT2D eigenvalue weighted by Gasteiger charge is -2.49. The van der Waals surface area contributed by atoms with Crippen molar-refractivity contribution in [3.63, 3.8) is 0 Å². The first-order valence-electron chi connectivity index (χ1n) is 25.2. The highest BCUT2D eigenvalue weighted by atomic mass is 31.2. The van der Waals surface area contributed by atoms with Crippen LogP contribution in [0.4, 0.5) is 21.8 Å². The lowest BCUT2D eigenvalue weighted by molar-refractivity contribution is -0.220. The molecule has 0 N–H and O–H groups in total. The first-order valence-corrected chi connectivity index (χ1v) is 26.8. The van der Waals surface area contributed by atoms with E-state index in [0.717, 1.165) is 44.5 Å². The fourth-order valence-electron chi connectivity index (χ4n) is 10.4. The highest BCUT2D eigenvalue weighted by Crippen LogP contribution is 2.52. The van der Waals surface area contributed by atoms with Crippen LogP contribution in [0.1, 0.15) is 121 Å². The van der Waals surface area contributed by atoms with Crippen molar-refractivity contribution in [2.45, 2.75) is 153 Å². The molecule has 0 radical (unpaired) electrons. The van der Waals surface area contributed by atoms with Crippen LogP contribution in [0.5, 0.6) is 11.5 Å². The zero-order chi connectivity index (χ0) is 55.0. The van der Waals surface area contributed by atoms with Crippen LogP contribution < -0.4 is 9.47 Å². The summed E-state index contributed by atoms with van der Waals surface area (Å²) in [5, 5.41) is 1.80. The largest absolute Gasteiger partial charge is 0.488 e. The monoisotopic (exact) mass is 1050 g/mol. The average molecular weight is 1050 g/mol. The van der Waals surface area contributed by atoms with E-state index >= 15 is 21.8 Å². The molecule has 0 fully saturated rings. The second-order valence-corrected chi connectivity index (χ2v) is 26.4. The standard InChI is InChI=1S/C61H76F5O7P/c1-39-17-21-41(22-18-39)48-29-43-25-27-45(31-50(43)70-48)72-58(13,14)34-56(9,10)53(69-38-74(66)37-61(64,65)60(62,63)36-68-52(67)47(55(6,7)8)33-54(3,4)5)57(11,12)35-59(15,16)73-46-28-26-44-30-49(71-51(44)32-46)42-23-19-40(2)20-24-42/h17-33,53H,34-38H2,1-16H3/b47-33-. The van der Waals surface area contributed by atoms with Crippen LogP contribution in [0.25, 0.3) is 44.6 Å². The van der Waals surface area contributed by atoms with Crippen LogP contribution in [-0.2, 0) is 14.3 Å². The highest BCUT2D eigenvalue weighted by Gasteiger charge is 2.59. The molecule has 1 unspecified atom stereocenters. The molecule has 1 atom stereocenters. The van der Waals surface area contributed by atoms with E-state index in [9.17, 15) is 4.79 Å². The molecule has 6 aromatic rings. The normalized spacial score (nSPS) is 14.3. The van der Waals surface area contributed by atoms with Crippen molar-refractivity contribution in [1.82, 2.24) is 0 Å². The summed E-state index contributed by atoms with van der Waals surface area (Å²) in [6, 6.07) is 31.3. The smallest absolute Gasteiger partial charge is 0.343 e. The van der Waals surface area contributed by atoms with Crippen LogP contribution in [0.2, 0.25) is 0 Å². The number of allylic oxidation sites excluding steroid dienone is 1. The Morgan fingerprint density at radius 1 is 0.595 bits per heavy atom. The zero-order valence-electron chi connectivity index (χ0n) is 46.1. The van der Waals surface area contributed by atoms with Crippen molar-refractivity contribution in [1.29, 1.82) is 0 Å². The molecule has 0 aliphatic carbocycles. The number of carbonyl (C=O) groups excluding carboxylic acids is 1. The number of ether oxygens (including phenoxy) is 4. The number of hydrogen-bond acceptors (Lipinski definition) is 7. The maximum Gasteiger partial charge on any atom is 0.343 e. The molecule has 2 aromatic heterocycles. The second-order valence-electron chi connectivity index (χ2n) is 24.9. The van der Waals surface area contributed by atoms with Gasteiger partial charge in [0, 0.05) is 39.6 Å². The van der Waals surface area contributed by atoms with Crippen molar-refractivity contribution in [3.05, 3.63) is 120 Å². The van der Waals surface area contributed by atoms with Gasteiger partial charge in [0.05, 0.1) is 18.6 Å². The van der Waals surface area contributed by atoms with Gasteiger partial charge in [-0.2, -0.15) is 17.6 Å². The summed E-state index contributed by atoms with van der Waals surface area (Å²) in [6.45, 7) is 28.1. The van der Waals surface area contributed by atoms with Gasteiger partial charge in [-0.15, -0.1) is 0 Å². The maximum atomic E-state index is 16.1. The molecule has 6 rings (SSSR count). The van der Waals surface area contributed by atoms with E-state index in [1.807, 2.05) is 187 Å². The molecule has 2 heterocycles. The van der Waals surface area contributed by atoms with E-state index in [2.05, 4.69) is 0 Å². The Kier molecular flexibility index (Phi) is 16.8. The number of hydrogen-bond donors (Lipinski definition) is 0. The Morgan fingerprint density at radius 2 is 1.01 bits per heavy atom. The van der Waals surface area contributed by atoms with E-state index in [-0.39, 0.29) is 5.57 Å².